The van der Waals surface area contributed by atoms with Crippen molar-refractivity contribution in [2.24, 2.45) is 11.7 Å². The second-order valence-electron chi connectivity index (χ2n) is 7.86. The van der Waals surface area contributed by atoms with Crippen LogP contribution in [0.4, 0.5) is 19.0 Å². The molecule has 1 aromatic carbocycles. The molecule has 1 atom stereocenters. The fraction of sp³-hybridized carbons (Fsp3) is 0.429. The van der Waals surface area contributed by atoms with Crippen LogP contribution >= 0.6 is 0 Å². The van der Waals surface area contributed by atoms with E-state index in [9.17, 15) is 18.0 Å². The highest BCUT2D eigenvalue weighted by Crippen LogP contribution is 2.37. The van der Waals surface area contributed by atoms with E-state index in [-0.39, 0.29) is 24.1 Å². The molecule has 0 bridgehead atoms. The lowest BCUT2D eigenvalue weighted by atomic mass is 9.93. The summed E-state index contributed by atoms with van der Waals surface area (Å²) < 4.78 is 48.6. The minimum absolute atomic E-state index is 0.0285. The number of ether oxygens (including phenoxy) is 2. The van der Waals surface area contributed by atoms with E-state index in [0.29, 0.717) is 23.5 Å². The summed E-state index contributed by atoms with van der Waals surface area (Å²) in [6.07, 6.45) is -2.80. The molecule has 6 nitrogen and oxygen atoms in total. The van der Waals surface area contributed by atoms with Gasteiger partial charge in [-0.2, -0.15) is 0 Å². The summed E-state index contributed by atoms with van der Waals surface area (Å²) in [4.78, 5) is 15.2. The number of alkyl halides is 3. The van der Waals surface area contributed by atoms with Gasteiger partial charge in [0.05, 0.1) is 0 Å². The number of benzene rings is 1. The predicted octanol–water partition coefficient (Wildman–Crippen LogP) is 4.75. The lowest BCUT2D eigenvalue weighted by Gasteiger charge is -2.27. The zero-order valence-electron chi connectivity index (χ0n) is 17.3. The molecule has 0 saturated heterocycles. The smallest absolute Gasteiger partial charge is 0.488 e. The van der Waals surface area contributed by atoms with Crippen LogP contribution in [-0.4, -0.2) is 29.4 Å². The average Bonchev–Trinajstić information content (AvgIpc) is 2.58. The molecule has 9 heteroatoms. The van der Waals surface area contributed by atoms with E-state index in [4.69, 9.17) is 10.5 Å². The molecule has 2 aromatic rings. The van der Waals surface area contributed by atoms with Gasteiger partial charge in [0.25, 0.3) is 0 Å². The first kappa shape index (κ1) is 23.5. The number of amides is 1. The quantitative estimate of drug-likeness (QED) is 0.638. The maximum absolute atomic E-state index is 12.9. The minimum Gasteiger partial charge on any atom is -0.488 e. The zero-order valence-corrected chi connectivity index (χ0v) is 17.3. The van der Waals surface area contributed by atoms with Crippen LogP contribution in [0.1, 0.15) is 34.1 Å². The van der Waals surface area contributed by atoms with Gasteiger partial charge in [0.1, 0.15) is 12.4 Å². The van der Waals surface area contributed by atoms with Gasteiger partial charge in [-0.1, -0.05) is 19.9 Å². The zero-order chi connectivity index (χ0) is 22.5. The van der Waals surface area contributed by atoms with Crippen LogP contribution in [0.25, 0.3) is 11.1 Å². The molecule has 0 fully saturated rings. The van der Waals surface area contributed by atoms with E-state index in [1.54, 1.807) is 25.1 Å². The van der Waals surface area contributed by atoms with Crippen LogP contribution in [0.3, 0.4) is 0 Å². The van der Waals surface area contributed by atoms with Gasteiger partial charge < -0.3 is 20.5 Å². The van der Waals surface area contributed by atoms with Crippen molar-refractivity contribution in [3.63, 3.8) is 0 Å². The average molecular weight is 425 g/mol. The van der Waals surface area contributed by atoms with E-state index in [2.05, 4.69) is 15.0 Å². The first-order valence-corrected chi connectivity index (χ1v) is 9.40. The summed E-state index contributed by atoms with van der Waals surface area (Å²) in [6.45, 7) is 7.15. The number of rotatable bonds is 8. The summed E-state index contributed by atoms with van der Waals surface area (Å²) in [5.41, 5.74) is 6.47. The number of hydrogen-bond acceptors (Lipinski definition) is 5. The van der Waals surface area contributed by atoms with Crippen molar-refractivity contribution in [2.75, 3.05) is 11.9 Å². The van der Waals surface area contributed by atoms with E-state index < -0.39 is 17.7 Å². The molecule has 1 aromatic heterocycles. The Labute approximate surface area is 173 Å². The lowest BCUT2D eigenvalue weighted by Crippen LogP contribution is -2.43. The van der Waals surface area contributed by atoms with Gasteiger partial charge in [-0.3, -0.25) is 4.79 Å². The standard InChI is InChI=1S/C21H26F3N3O3/c1-13(2)11-20(4,25)12-29-17-6-5-15(9-18(17)30-21(22,23)24)16-7-8-26-19(10-16)27-14(3)28/h5-10,13H,11-12,25H2,1-4H3,(H,26,27,28). The normalized spacial score (nSPS) is 13.6. The van der Waals surface area contributed by atoms with Crippen LogP contribution < -0.4 is 20.5 Å². The van der Waals surface area contributed by atoms with E-state index in [1.807, 2.05) is 13.8 Å². The Kier molecular flexibility index (Phi) is 7.30. The number of aromatic nitrogens is 1. The molecule has 1 unspecified atom stereocenters. The Bertz CT molecular complexity index is 883. The first-order valence-electron chi connectivity index (χ1n) is 9.40. The van der Waals surface area contributed by atoms with Crippen LogP contribution in [0.5, 0.6) is 11.5 Å². The lowest BCUT2D eigenvalue weighted by molar-refractivity contribution is -0.275. The van der Waals surface area contributed by atoms with E-state index >= 15 is 0 Å². The monoisotopic (exact) mass is 425 g/mol. The molecule has 3 N–H and O–H groups in total. The highest BCUT2D eigenvalue weighted by atomic mass is 19.4. The highest BCUT2D eigenvalue weighted by molar-refractivity contribution is 5.88. The summed E-state index contributed by atoms with van der Waals surface area (Å²) in [7, 11) is 0. The van der Waals surface area contributed by atoms with Crippen LogP contribution in [0.2, 0.25) is 0 Å². The number of carbonyl (C=O) groups excluding carboxylic acids is 1. The topological polar surface area (TPSA) is 86.5 Å². The van der Waals surface area contributed by atoms with Crippen molar-refractivity contribution in [3.8, 4) is 22.6 Å². The molecule has 0 radical (unpaired) electrons. The maximum Gasteiger partial charge on any atom is 0.573 e. The van der Waals surface area contributed by atoms with E-state index in [1.165, 1.54) is 25.3 Å². The third-order valence-electron chi connectivity index (χ3n) is 4.00. The Morgan fingerprint density at radius 3 is 2.43 bits per heavy atom. The van der Waals surface area contributed by atoms with E-state index in [0.717, 1.165) is 0 Å². The molecule has 2 rings (SSSR count). The molecule has 1 amide bonds. The number of nitrogens with zero attached hydrogens (tertiary/aromatic N) is 1. The molecule has 0 spiro atoms. The number of anilines is 1. The van der Waals surface area contributed by atoms with Crippen molar-refractivity contribution in [2.45, 2.75) is 46.0 Å². The first-order chi connectivity index (χ1) is 13.8. The fourth-order valence-electron chi connectivity index (χ4n) is 3.10. The van der Waals surface area contributed by atoms with Crippen LogP contribution in [0, 0.1) is 5.92 Å². The number of halogens is 3. The molecule has 30 heavy (non-hydrogen) atoms. The molecule has 0 aliphatic rings. The fourth-order valence-corrected chi connectivity index (χ4v) is 3.10. The van der Waals surface area contributed by atoms with Crippen molar-refractivity contribution in [1.29, 1.82) is 0 Å². The Hall–Kier alpha value is -2.81. The van der Waals surface area contributed by atoms with Gasteiger partial charge in [0.15, 0.2) is 11.5 Å². The molecule has 0 aliphatic carbocycles. The molecule has 164 valence electrons. The second kappa shape index (κ2) is 9.34. The third-order valence-corrected chi connectivity index (χ3v) is 4.00. The highest BCUT2D eigenvalue weighted by Gasteiger charge is 2.33. The van der Waals surface area contributed by atoms with Crippen molar-refractivity contribution in [1.82, 2.24) is 4.98 Å². The summed E-state index contributed by atoms with van der Waals surface area (Å²) in [5, 5.41) is 2.53. The number of nitrogens with two attached hydrogens (primary N) is 1. The van der Waals surface area contributed by atoms with Gasteiger partial charge in [-0.05, 0) is 54.7 Å². The van der Waals surface area contributed by atoms with Crippen LogP contribution in [0.15, 0.2) is 36.5 Å². The van der Waals surface area contributed by atoms with Gasteiger partial charge in [0.2, 0.25) is 5.91 Å². The second-order valence-corrected chi connectivity index (χ2v) is 7.86. The third kappa shape index (κ3) is 7.55. The summed E-state index contributed by atoms with van der Waals surface area (Å²) in [5.74, 6) is -0.255. The van der Waals surface area contributed by atoms with Gasteiger partial charge in [-0.15, -0.1) is 13.2 Å². The number of carbonyl (C=O) groups is 1. The van der Waals surface area contributed by atoms with Gasteiger partial charge in [-0.25, -0.2) is 4.98 Å². The number of pyridine rings is 1. The molecule has 0 saturated carbocycles. The maximum atomic E-state index is 12.9. The molecular weight excluding hydrogens is 399 g/mol. The SMILES string of the molecule is CC(=O)Nc1cc(-c2ccc(OCC(C)(N)CC(C)C)c(OC(F)(F)F)c2)ccn1. The number of hydrogen-bond donors (Lipinski definition) is 2. The minimum atomic E-state index is -4.89. The summed E-state index contributed by atoms with van der Waals surface area (Å²) >= 11 is 0. The van der Waals surface area contributed by atoms with Crippen LogP contribution in [-0.2, 0) is 4.79 Å². The van der Waals surface area contributed by atoms with Crippen molar-refractivity contribution < 1.29 is 27.4 Å². The molecular formula is C21H26F3N3O3. The largest absolute Gasteiger partial charge is 0.573 e. The number of nitrogens with one attached hydrogen (secondary N) is 1. The van der Waals surface area contributed by atoms with Gasteiger partial charge in [0, 0.05) is 18.7 Å². The molecule has 0 aliphatic heterocycles. The summed E-state index contributed by atoms with van der Waals surface area (Å²) in [6, 6.07) is 7.39. The van der Waals surface area contributed by atoms with Crippen molar-refractivity contribution in [3.05, 3.63) is 36.5 Å². The van der Waals surface area contributed by atoms with Crippen molar-refractivity contribution >= 4 is 11.7 Å². The predicted molar refractivity (Wildman–Crippen MR) is 108 cm³/mol. The Morgan fingerprint density at radius 2 is 1.83 bits per heavy atom. The Morgan fingerprint density at radius 1 is 1.17 bits per heavy atom. The van der Waals surface area contributed by atoms with Gasteiger partial charge >= 0.3 is 6.36 Å². The Balaban J connectivity index is 2.33. The molecule has 1 heterocycles.